The molecular formula is C12H14ClFN2. The van der Waals surface area contributed by atoms with Crippen LogP contribution < -0.4 is 5.32 Å². The van der Waals surface area contributed by atoms with Crippen LogP contribution in [0.2, 0.25) is 0 Å². The second kappa shape index (κ2) is 5.29. The molecule has 0 aliphatic carbocycles. The molecule has 16 heavy (non-hydrogen) atoms. The van der Waals surface area contributed by atoms with Crippen LogP contribution in [-0.4, -0.2) is 13.1 Å². The summed E-state index contributed by atoms with van der Waals surface area (Å²) in [5.41, 5.74) is 0.735. The maximum absolute atomic E-state index is 12.7. The Morgan fingerprint density at radius 3 is 2.56 bits per heavy atom. The molecule has 0 spiro atoms. The van der Waals surface area contributed by atoms with Crippen molar-refractivity contribution >= 4 is 12.4 Å². The molecule has 0 bridgehead atoms. The summed E-state index contributed by atoms with van der Waals surface area (Å²) in [5.74, 6) is -0.227. The monoisotopic (exact) mass is 240 g/mol. The fourth-order valence-corrected chi connectivity index (χ4v) is 2.02. The van der Waals surface area contributed by atoms with Gasteiger partial charge in [-0.25, -0.2) is 4.39 Å². The van der Waals surface area contributed by atoms with Gasteiger partial charge in [-0.05, 0) is 37.1 Å². The van der Waals surface area contributed by atoms with Gasteiger partial charge in [-0.2, -0.15) is 5.26 Å². The van der Waals surface area contributed by atoms with Crippen molar-refractivity contribution < 1.29 is 4.39 Å². The number of benzene rings is 1. The molecule has 1 aliphatic rings. The highest BCUT2D eigenvalue weighted by molar-refractivity contribution is 5.85. The molecule has 0 saturated carbocycles. The molecule has 1 fully saturated rings. The summed E-state index contributed by atoms with van der Waals surface area (Å²) in [5, 5.41) is 12.4. The Morgan fingerprint density at radius 2 is 2.06 bits per heavy atom. The number of hydrogen-bond donors (Lipinski definition) is 1. The van der Waals surface area contributed by atoms with Crippen molar-refractivity contribution in [2.75, 3.05) is 13.1 Å². The summed E-state index contributed by atoms with van der Waals surface area (Å²) in [6, 6.07) is 8.79. The van der Waals surface area contributed by atoms with E-state index in [0.717, 1.165) is 25.1 Å². The van der Waals surface area contributed by atoms with Crippen LogP contribution in [0.3, 0.4) is 0 Å². The average molecular weight is 241 g/mol. The molecule has 2 rings (SSSR count). The number of rotatable bonds is 2. The topological polar surface area (TPSA) is 35.8 Å². The summed E-state index contributed by atoms with van der Waals surface area (Å²) in [7, 11) is 0. The maximum atomic E-state index is 12.7. The van der Waals surface area contributed by atoms with Gasteiger partial charge in [0, 0.05) is 6.54 Å². The third-order valence-electron chi connectivity index (χ3n) is 2.94. The van der Waals surface area contributed by atoms with E-state index in [1.807, 2.05) is 0 Å². The number of nitrogens with one attached hydrogen (secondary N) is 1. The van der Waals surface area contributed by atoms with Crippen LogP contribution in [0.4, 0.5) is 4.39 Å². The average Bonchev–Trinajstić information content (AvgIpc) is 2.71. The van der Waals surface area contributed by atoms with E-state index in [0.29, 0.717) is 6.42 Å². The van der Waals surface area contributed by atoms with E-state index in [9.17, 15) is 4.39 Å². The summed E-state index contributed by atoms with van der Waals surface area (Å²) in [4.78, 5) is 0. The van der Waals surface area contributed by atoms with Gasteiger partial charge in [0.2, 0.25) is 0 Å². The molecule has 4 heteroatoms. The van der Waals surface area contributed by atoms with Crippen LogP contribution in [0.1, 0.15) is 12.0 Å². The zero-order chi connectivity index (χ0) is 10.7. The van der Waals surface area contributed by atoms with Gasteiger partial charge in [-0.3, -0.25) is 0 Å². The lowest BCUT2D eigenvalue weighted by Gasteiger charge is -2.18. The van der Waals surface area contributed by atoms with E-state index >= 15 is 0 Å². The van der Waals surface area contributed by atoms with Crippen molar-refractivity contribution in [2.24, 2.45) is 5.41 Å². The Bertz CT molecular complexity index is 377. The van der Waals surface area contributed by atoms with Gasteiger partial charge >= 0.3 is 0 Å². The highest BCUT2D eigenvalue weighted by Gasteiger charge is 2.33. The molecule has 2 nitrogen and oxygen atoms in total. The minimum atomic E-state index is -0.294. The predicted octanol–water partition coefficient (Wildman–Crippen LogP) is 2.29. The second-order valence-corrected chi connectivity index (χ2v) is 4.12. The van der Waals surface area contributed by atoms with Crippen LogP contribution in [0, 0.1) is 22.6 Å². The van der Waals surface area contributed by atoms with Crippen molar-refractivity contribution in [2.45, 2.75) is 12.8 Å². The van der Waals surface area contributed by atoms with Crippen molar-refractivity contribution in [3.05, 3.63) is 35.6 Å². The van der Waals surface area contributed by atoms with Gasteiger partial charge in [0.1, 0.15) is 5.82 Å². The highest BCUT2D eigenvalue weighted by Crippen LogP contribution is 2.29. The Morgan fingerprint density at radius 1 is 1.38 bits per heavy atom. The van der Waals surface area contributed by atoms with Gasteiger partial charge in [0.05, 0.1) is 11.5 Å². The Labute approximate surface area is 101 Å². The van der Waals surface area contributed by atoms with Gasteiger partial charge in [0.25, 0.3) is 0 Å². The molecule has 86 valence electrons. The molecule has 1 N–H and O–H groups in total. The van der Waals surface area contributed by atoms with Gasteiger partial charge < -0.3 is 5.32 Å². The third-order valence-corrected chi connectivity index (χ3v) is 2.94. The van der Waals surface area contributed by atoms with Crippen LogP contribution in [0.15, 0.2) is 24.3 Å². The van der Waals surface area contributed by atoms with Crippen LogP contribution in [0.25, 0.3) is 0 Å². The number of hydrogen-bond acceptors (Lipinski definition) is 2. The molecule has 1 aromatic rings. The van der Waals surface area contributed by atoms with E-state index in [1.165, 1.54) is 12.1 Å². The molecule has 1 atom stereocenters. The molecule has 1 heterocycles. The summed E-state index contributed by atoms with van der Waals surface area (Å²) >= 11 is 0. The van der Waals surface area contributed by atoms with Gasteiger partial charge in [0.15, 0.2) is 0 Å². The van der Waals surface area contributed by atoms with Crippen molar-refractivity contribution in [1.82, 2.24) is 5.32 Å². The fraction of sp³-hybridized carbons (Fsp3) is 0.417. The number of nitrogens with zero attached hydrogens (tertiary/aromatic N) is 1. The van der Waals surface area contributed by atoms with E-state index in [-0.39, 0.29) is 23.6 Å². The Balaban J connectivity index is 0.00000128. The smallest absolute Gasteiger partial charge is 0.123 e. The first-order valence-electron chi connectivity index (χ1n) is 5.11. The number of nitriles is 1. The summed E-state index contributed by atoms with van der Waals surface area (Å²) in [6.45, 7) is 1.63. The largest absolute Gasteiger partial charge is 0.315 e. The van der Waals surface area contributed by atoms with E-state index < -0.39 is 0 Å². The fourth-order valence-electron chi connectivity index (χ4n) is 2.02. The third kappa shape index (κ3) is 2.72. The van der Waals surface area contributed by atoms with Crippen LogP contribution in [-0.2, 0) is 6.42 Å². The lowest BCUT2D eigenvalue weighted by atomic mass is 9.82. The minimum absolute atomic E-state index is 0. The van der Waals surface area contributed by atoms with Crippen LogP contribution in [0.5, 0.6) is 0 Å². The quantitative estimate of drug-likeness (QED) is 0.861. The van der Waals surface area contributed by atoms with E-state index in [1.54, 1.807) is 12.1 Å². The highest BCUT2D eigenvalue weighted by atomic mass is 35.5. The van der Waals surface area contributed by atoms with Crippen molar-refractivity contribution in [3.8, 4) is 6.07 Å². The van der Waals surface area contributed by atoms with Crippen molar-refractivity contribution in [1.29, 1.82) is 5.26 Å². The van der Waals surface area contributed by atoms with Crippen LogP contribution >= 0.6 is 12.4 Å². The summed E-state index contributed by atoms with van der Waals surface area (Å²) < 4.78 is 12.7. The van der Waals surface area contributed by atoms with Gasteiger partial charge in [-0.15, -0.1) is 12.4 Å². The first-order chi connectivity index (χ1) is 7.24. The Hall–Kier alpha value is -1.11. The molecule has 1 saturated heterocycles. The van der Waals surface area contributed by atoms with E-state index in [2.05, 4.69) is 11.4 Å². The van der Waals surface area contributed by atoms with Crippen molar-refractivity contribution in [3.63, 3.8) is 0 Å². The minimum Gasteiger partial charge on any atom is -0.315 e. The van der Waals surface area contributed by atoms with Gasteiger partial charge in [-0.1, -0.05) is 12.1 Å². The molecule has 0 aromatic heterocycles. The predicted molar refractivity (Wildman–Crippen MR) is 62.9 cm³/mol. The van der Waals surface area contributed by atoms with E-state index in [4.69, 9.17) is 5.26 Å². The SMILES string of the molecule is Cl.N#CC1(Cc2ccc(F)cc2)CCNC1. The second-order valence-electron chi connectivity index (χ2n) is 4.12. The molecule has 1 aromatic carbocycles. The lowest BCUT2D eigenvalue weighted by Crippen LogP contribution is -2.24. The summed E-state index contributed by atoms with van der Waals surface area (Å²) in [6.07, 6.45) is 1.58. The zero-order valence-electron chi connectivity index (χ0n) is 8.87. The first-order valence-corrected chi connectivity index (χ1v) is 5.11. The molecule has 1 unspecified atom stereocenters. The molecule has 0 radical (unpaired) electrons. The zero-order valence-corrected chi connectivity index (χ0v) is 9.69. The molecular weight excluding hydrogens is 227 g/mol. The first kappa shape index (κ1) is 13.0. The molecule has 0 amide bonds. The Kier molecular flexibility index (Phi) is 4.28. The maximum Gasteiger partial charge on any atom is 0.123 e. The standard InChI is InChI=1S/C12H13FN2.ClH/c13-11-3-1-10(2-4-11)7-12(8-14)5-6-15-9-12;/h1-4,15H,5-7,9H2;1H. The lowest BCUT2D eigenvalue weighted by molar-refractivity contribution is 0.438. The normalized spacial score (nSPS) is 23.5. The molecule has 1 aliphatic heterocycles. The number of halogens is 2.